The zero-order chi connectivity index (χ0) is 13.7. The summed E-state index contributed by atoms with van der Waals surface area (Å²) in [7, 11) is 1.83. The largest absolute Gasteiger partial charge is 0.388 e. The number of nitrogens with zero attached hydrogens (tertiary/aromatic N) is 2. The van der Waals surface area contributed by atoms with Gasteiger partial charge in [-0.3, -0.25) is 14.7 Å². The number of hydrogen-bond donors (Lipinski definition) is 2. The van der Waals surface area contributed by atoms with Gasteiger partial charge in [-0.15, -0.1) is 0 Å². The summed E-state index contributed by atoms with van der Waals surface area (Å²) >= 11 is 0. The molecule has 2 N–H and O–H groups in total. The van der Waals surface area contributed by atoms with Crippen LogP contribution < -0.4 is 10.6 Å². The molecule has 1 aliphatic rings. The number of rotatable bonds is 5. The SMILES string of the molecule is CNc1ccnc(C(=O)NCC(C)N2CCCC2)c1. The van der Waals surface area contributed by atoms with Gasteiger partial charge in [-0.2, -0.15) is 0 Å². The average molecular weight is 262 g/mol. The van der Waals surface area contributed by atoms with E-state index in [-0.39, 0.29) is 5.91 Å². The highest BCUT2D eigenvalue weighted by Gasteiger charge is 2.18. The van der Waals surface area contributed by atoms with E-state index in [0.717, 1.165) is 18.8 Å². The number of amides is 1. The topological polar surface area (TPSA) is 57.3 Å². The van der Waals surface area contributed by atoms with E-state index in [9.17, 15) is 4.79 Å². The third-order valence-corrected chi connectivity index (χ3v) is 3.60. The highest BCUT2D eigenvalue weighted by molar-refractivity contribution is 5.93. The van der Waals surface area contributed by atoms with Gasteiger partial charge in [0.25, 0.3) is 5.91 Å². The number of aromatic nitrogens is 1. The van der Waals surface area contributed by atoms with Crippen molar-refractivity contribution in [2.24, 2.45) is 0 Å². The summed E-state index contributed by atoms with van der Waals surface area (Å²) in [5.41, 5.74) is 1.35. The molecule has 5 heteroatoms. The van der Waals surface area contributed by atoms with Gasteiger partial charge < -0.3 is 10.6 Å². The predicted molar refractivity (Wildman–Crippen MR) is 76.4 cm³/mol. The van der Waals surface area contributed by atoms with E-state index in [0.29, 0.717) is 18.3 Å². The monoisotopic (exact) mass is 262 g/mol. The Labute approximate surface area is 114 Å². The quantitative estimate of drug-likeness (QED) is 0.840. The maximum absolute atomic E-state index is 12.0. The zero-order valence-corrected chi connectivity index (χ0v) is 11.6. The Bertz CT molecular complexity index is 429. The molecule has 0 spiro atoms. The molecule has 19 heavy (non-hydrogen) atoms. The fourth-order valence-corrected chi connectivity index (χ4v) is 2.35. The summed E-state index contributed by atoms with van der Waals surface area (Å²) in [5, 5.41) is 5.96. The summed E-state index contributed by atoms with van der Waals surface area (Å²) in [4.78, 5) is 18.5. The number of carbonyl (C=O) groups is 1. The van der Waals surface area contributed by atoms with Crippen molar-refractivity contribution in [3.63, 3.8) is 0 Å². The maximum Gasteiger partial charge on any atom is 0.270 e. The molecule has 1 amide bonds. The summed E-state index contributed by atoms with van der Waals surface area (Å²) in [5.74, 6) is -0.108. The van der Waals surface area contributed by atoms with Crippen LogP contribution in [0.3, 0.4) is 0 Å². The second kappa shape index (κ2) is 6.52. The lowest BCUT2D eigenvalue weighted by Crippen LogP contribution is -2.40. The number of hydrogen-bond acceptors (Lipinski definition) is 4. The Balaban J connectivity index is 1.86. The van der Waals surface area contributed by atoms with Gasteiger partial charge in [-0.1, -0.05) is 0 Å². The predicted octanol–water partition coefficient (Wildman–Crippen LogP) is 1.34. The fourth-order valence-electron chi connectivity index (χ4n) is 2.35. The number of anilines is 1. The average Bonchev–Trinajstić information content (AvgIpc) is 2.98. The van der Waals surface area contributed by atoms with Crippen molar-refractivity contribution in [2.45, 2.75) is 25.8 Å². The molecule has 0 bridgehead atoms. The van der Waals surface area contributed by atoms with Gasteiger partial charge in [0.2, 0.25) is 0 Å². The molecule has 2 heterocycles. The Morgan fingerprint density at radius 2 is 2.21 bits per heavy atom. The number of carbonyl (C=O) groups excluding carboxylic acids is 1. The molecule has 1 fully saturated rings. The van der Waals surface area contributed by atoms with E-state index in [2.05, 4.69) is 27.4 Å². The van der Waals surface area contributed by atoms with Gasteiger partial charge in [0, 0.05) is 31.5 Å². The summed E-state index contributed by atoms with van der Waals surface area (Å²) < 4.78 is 0. The van der Waals surface area contributed by atoms with Gasteiger partial charge in [-0.25, -0.2) is 0 Å². The molecule has 0 aromatic carbocycles. The van der Waals surface area contributed by atoms with E-state index in [4.69, 9.17) is 0 Å². The Morgan fingerprint density at radius 3 is 2.89 bits per heavy atom. The Kier molecular flexibility index (Phi) is 4.74. The van der Waals surface area contributed by atoms with Crippen molar-refractivity contribution in [2.75, 3.05) is 32.0 Å². The summed E-state index contributed by atoms with van der Waals surface area (Å²) in [6, 6.07) is 3.98. The Hall–Kier alpha value is -1.62. The van der Waals surface area contributed by atoms with Crippen LogP contribution in [0.25, 0.3) is 0 Å². The lowest BCUT2D eigenvalue weighted by Gasteiger charge is -2.23. The van der Waals surface area contributed by atoms with E-state index >= 15 is 0 Å². The normalized spacial score (nSPS) is 17.2. The number of likely N-dealkylation sites (tertiary alicyclic amines) is 1. The highest BCUT2D eigenvalue weighted by atomic mass is 16.1. The first-order valence-electron chi connectivity index (χ1n) is 6.87. The summed E-state index contributed by atoms with van der Waals surface area (Å²) in [6.07, 6.45) is 4.18. The van der Waals surface area contributed by atoms with E-state index in [1.807, 2.05) is 13.1 Å². The first-order chi connectivity index (χ1) is 9.20. The third kappa shape index (κ3) is 3.67. The fraction of sp³-hybridized carbons (Fsp3) is 0.571. The molecular formula is C14H22N4O. The lowest BCUT2D eigenvalue weighted by molar-refractivity contribution is 0.0935. The smallest absolute Gasteiger partial charge is 0.270 e. The maximum atomic E-state index is 12.0. The van der Waals surface area contributed by atoms with Crippen LogP contribution in [0.5, 0.6) is 0 Å². The van der Waals surface area contributed by atoms with Crippen molar-refractivity contribution in [3.05, 3.63) is 24.0 Å². The number of pyridine rings is 1. The first-order valence-corrected chi connectivity index (χ1v) is 6.87. The van der Waals surface area contributed by atoms with Crippen molar-refractivity contribution in [1.82, 2.24) is 15.2 Å². The molecule has 5 nitrogen and oxygen atoms in total. The van der Waals surface area contributed by atoms with E-state index in [1.165, 1.54) is 12.8 Å². The Morgan fingerprint density at radius 1 is 1.47 bits per heavy atom. The van der Waals surface area contributed by atoms with Crippen molar-refractivity contribution >= 4 is 11.6 Å². The standard InChI is InChI=1S/C14H22N4O/c1-11(18-7-3-4-8-18)10-17-14(19)13-9-12(15-2)5-6-16-13/h5-6,9,11H,3-4,7-8,10H2,1-2H3,(H,15,16)(H,17,19). The number of nitrogens with one attached hydrogen (secondary N) is 2. The van der Waals surface area contributed by atoms with Gasteiger partial charge in [0.15, 0.2) is 0 Å². The molecule has 104 valence electrons. The molecule has 1 aromatic heterocycles. The van der Waals surface area contributed by atoms with Gasteiger partial charge >= 0.3 is 0 Å². The van der Waals surface area contributed by atoms with Crippen molar-refractivity contribution in [1.29, 1.82) is 0 Å². The van der Waals surface area contributed by atoms with Crippen LogP contribution in [0.1, 0.15) is 30.3 Å². The minimum Gasteiger partial charge on any atom is -0.388 e. The molecular weight excluding hydrogens is 240 g/mol. The summed E-state index contributed by atoms with van der Waals surface area (Å²) in [6.45, 7) is 5.11. The first kappa shape index (κ1) is 13.8. The molecule has 2 rings (SSSR count). The molecule has 1 unspecified atom stereocenters. The minimum atomic E-state index is -0.108. The van der Waals surface area contributed by atoms with Gasteiger partial charge in [-0.05, 0) is 45.0 Å². The minimum absolute atomic E-state index is 0.108. The van der Waals surface area contributed by atoms with E-state index in [1.54, 1.807) is 12.3 Å². The highest BCUT2D eigenvalue weighted by Crippen LogP contribution is 2.11. The van der Waals surface area contributed by atoms with Crippen LogP contribution in [0.4, 0.5) is 5.69 Å². The lowest BCUT2D eigenvalue weighted by atomic mass is 10.2. The molecule has 0 aliphatic carbocycles. The van der Waals surface area contributed by atoms with Crippen LogP contribution in [-0.4, -0.2) is 48.5 Å². The molecule has 1 aromatic rings. The van der Waals surface area contributed by atoms with Crippen molar-refractivity contribution in [3.8, 4) is 0 Å². The van der Waals surface area contributed by atoms with Crippen LogP contribution in [0.15, 0.2) is 18.3 Å². The molecule has 1 aliphatic heterocycles. The van der Waals surface area contributed by atoms with Crippen LogP contribution in [0.2, 0.25) is 0 Å². The van der Waals surface area contributed by atoms with Crippen LogP contribution >= 0.6 is 0 Å². The van der Waals surface area contributed by atoms with Crippen molar-refractivity contribution < 1.29 is 4.79 Å². The van der Waals surface area contributed by atoms with Gasteiger partial charge in [0.05, 0.1) is 0 Å². The van der Waals surface area contributed by atoms with Crippen LogP contribution in [0, 0.1) is 0 Å². The molecule has 1 saturated heterocycles. The van der Waals surface area contributed by atoms with Crippen LogP contribution in [-0.2, 0) is 0 Å². The molecule has 0 radical (unpaired) electrons. The molecule has 0 saturated carbocycles. The van der Waals surface area contributed by atoms with Gasteiger partial charge in [0.1, 0.15) is 5.69 Å². The molecule has 1 atom stereocenters. The third-order valence-electron chi connectivity index (χ3n) is 3.60. The second-order valence-corrected chi connectivity index (χ2v) is 4.98. The zero-order valence-electron chi connectivity index (χ0n) is 11.6. The second-order valence-electron chi connectivity index (χ2n) is 4.98. The van der Waals surface area contributed by atoms with E-state index < -0.39 is 0 Å².